The summed E-state index contributed by atoms with van der Waals surface area (Å²) in [6.07, 6.45) is 3.61. The second kappa shape index (κ2) is 7.53. The summed E-state index contributed by atoms with van der Waals surface area (Å²) >= 11 is 0. The van der Waals surface area contributed by atoms with E-state index in [-0.39, 0.29) is 29.6 Å². The third-order valence-electron chi connectivity index (χ3n) is 6.11. The predicted molar refractivity (Wildman–Crippen MR) is 112 cm³/mol. The lowest BCUT2D eigenvalue weighted by atomic mass is 9.82. The van der Waals surface area contributed by atoms with Crippen LogP contribution in [0.25, 0.3) is 0 Å². The molecule has 30 heavy (non-hydrogen) atoms. The molecule has 1 aromatic carbocycles. The van der Waals surface area contributed by atoms with Gasteiger partial charge < -0.3 is 10.2 Å². The molecule has 0 radical (unpaired) electrons. The molecule has 1 saturated heterocycles. The number of anilines is 1. The monoisotopic (exact) mass is 406 g/mol. The smallest absolute Gasteiger partial charge is 0.325 e. The Labute approximate surface area is 174 Å². The van der Waals surface area contributed by atoms with Gasteiger partial charge in [0.05, 0.1) is 0 Å². The minimum Gasteiger partial charge on any atom is -0.325 e. The molecule has 3 aliphatic rings. The molecule has 0 bridgehead atoms. The summed E-state index contributed by atoms with van der Waals surface area (Å²) in [5.74, 6) is 1.53. The first-order chi connectivity index (χ1) is 14.6. The van der Waals surface area contributed by atoms with Gasteiger partial charge in [-0.15, -0.1) is 0 Å². The number of fused-ring (bicyclic) bond motifs is 1. The Bertz CT molecular complexity index is 1020. The van der Waals surface area contributed by atoms with Gasteiger partial charge in [-0.05, 0) is 42.8 Å². The average Bonchev–Trinajstić information content (AvgIpc) is 3.41. The van der Waals surface area contributed by atoms with Crippen LogP contribution in [0.3, 0.4) is 0 Å². The Kier molecular flexibility index (Phi) is 4.71. The average molecular weight is 406 g/mol. The molecular weight excluding hydrogens is 383 g/mol. The fraction of sp³-hybridized carbons (Fsp3) is 0.318. The first-order valence-electron chi connectivity index (χ1n) is 10.1. The minimum atomic E-state index is -0.312. The van der Waals surface area contributed by atoms with E-state index in [4.69, 9.17) is 4.99 Å². The van der Waals surface area contributed by atoms with Crippen molar-refractivity contribution >= 4 is 17.6 Å². The number of pyridine rings is 1. The van der Waals surface area contributed by atoms with Crippen LogP contribution < -0.4 is 15.5 Å². The third-order valence-corrected chi connectivity index (χ3v) is 6.11. The summed E-state index contributed by atoms with van der Waals surface area (Å²) in [6, 6.07) is 12.1. The van der Waals surface area contributed by atoms with Crippen molar-refractivity contribution < 1.29 is 9.18 Å². The summed E-state index contributed by atoms with van der Waals surface area (Å²) in [6.45, 7) is 4.07. The zero-order chi connectivity index (χ0) is 20.7. The maximum Gasteiger partial charge on any atom is 0.329 e. The molecule has 2 aromatic rings. The molecule has 3 aliphatic heterocycles. The van der Waals surface area contributed by atoms with Crippen LogP contribution in [0, 0.1) is 17.7 Å². The highest BCUT2D eigenvalue weighted by molar-refractivity contribution is 6.02. The normalized spacial score (nSPS) is 24.3. The van der Waals surface area contributed by atoms with Crippen LogP contribution in [-0.4, -0.2) is 41.5 Å². The maximum absolute atomic E-state index is 13.6. The topological polar surface area (TPSA) is 72.9 Å². The second-order valence-corrected chi connectivity index (χ2v) is 7.91. The number of halogens is 1. The number of carbonyl (C=O) groups excluding carboxylic acids is 1. The standard InChI is InChI=1S/C22H23FN6O/c1-14(19-7-2-3-8-25-19)17-10-24-11-18(17)21-26-20-12-28(13-29(20)22(30)27-21)16-6-4-5-15(23)9-16/h2-9,12,14,17-18,24H,10-11,13H2,1H3,(H,26,27,30). The van der Waals surface area contributed by atoms with Crippen LogP contribution in [-0.2, 0) is 0 Å². The second-order valence-electron chi connectivity index (χ2n) is 7.91. The number of benzene rings is 1. The summed E-state index contributed by atoms with van der Waals surface area (Å²) in [5.41, 5.74) is 1.73. The van der Waals surface area contributed by atoms with Crippen molar-refractivity contribution in [3.63, 3.8) is 0 Å². The highest BCUT2D eigenvalue weighted by Crippen LogP contribution is 2.34. The van der Waals surface area contributed by atoms with Crippen molar-refractivity contribution in [3.8, 4) is 0 Å². The summed E-state index contributed by atoms with van der Waals surface area (Å²) in [7, 11) is 0. The van der Waals surface area contributed by atoms with Gasteiger partial charge in [0.1, 0.15) is 18.3 Å². The number of hydrogen-bond donors (Lipinski definition) is 2. The van der Waals surface area contributed by atoms with Gasteiger partial charge in [-0.2, -0.15) is 0 Å². The van der Waals surface area contributed by atoms with Gasteiger partial charge >= 0.3 is 6.03 Å². The van der Waals surface area contributed by atoms with Crippen molar-refractivity contribution in [3.05, 3.63) is 72.2 Å². The first kappa shape index (κ1) is 18.7. The molecule has 5 rings (SSSR count). The molecule has 2 amide bonds. The minimum absolute atomic E-state index is 0.0808. The molecule has 4 heterocycles. The van der Waals surface area contributed by atoms with Crippen molar-refractivity contribution in [1.82, 2.24) is 20.5 Å². The van der Waals surface area contributed by atoms with Crippen LogP contribution in [0.2, 0.25) is 0 Å². The number of hydrogen-bond acceptors (Lipinski definition) is 5. The Balaban J connectivity index is 1.41. The highest BCUT2D eigenvalue weighted by Gasteiger charge is 2.40. The first-order valence-corrected chi connectivity index (χ1v) is 10.1. The van der Waals surface area contributed by atoms with Gasteiger partial charge in [0.15, 0.2) is 5.82 Å². The maximum atomic E-state index is 13.6. The lowest BCUT2D eigenvalue weighted by Crippen LogP contribution is -2.50. The number of carbonyl (C=O) groups is 1. The lowest BCUT2D eigenvalue weighted by Gasteiger charge is -2.30. The molecule has 0 aliphatic carbocycles. The Hall–Kier alpha value is -3.26. The number of nitrogens with zero attached hydrogens (tertiary/aromatic N) is 4. The van der Waals surface area contributed by atoms with Gasteiger partial charge in [-0.3, -0.25) is 15.2 Å². The van der Waals surface area contributed by atoms with E-state index in [1.54, 1.807) is 17.2 Å². The largest absolute Gasteiger partial charge is 0.329 e. The van der Waals surface area contributed by atoms with Crippen molar-refractivity contribution in [1.29, 1.82) is 0 Å². The van der Waals surface area contributed by atoms with Crippen molar-refractivity contribution in [2.75, 3.05) is 24.7 Å². The lowest BCUT2D eigenvalue weighted by molar-refractivity contribution is 0.216. The van der Waals surface area contributed by atoms with Crippen molar-refractivity contribution in [2.45, 2.75) is 12.8 Å². The van der Waals surface area contributed by atoms with Crippen LogP contribution in [0.15, 0.2) is 65.7 Å². The molecule has 3 unspecified atom stereocenters. The van der Waals surface area contributed by atoms with Crippen LogP contribution >= 0.6 is 0 Å². The SMILES string of the molecule is CC(c1ccccn1)C1CNCC1C1=NC2=CN(c3cccc(F)c3)CN2C(=O)N1. The number of amidine groups is 1. The number of aliphatic imine (C=N–C) groups is 1. The molecule has 1 fully saturated rings. The number of nitrogens with one attached hydrogen (secondary N) is 2. The number of rotatable bonds is 4. The van der Waals surface area contributed by atoms with Crippen LogP contribution in [0.1, 0.15) is 18.5 Å². The predicted octanol–water partition coefficient (Wildman–Crippen LogP) is 2.86. The van der Waals surface area contributed by atoms with Crippen LogP contribution in [0.4, 0.5) is 14.9 Å². The Morgan fingerprint density at radius 1 is 1.20 bits per heavy atom. The summed E-state index contributed by atoms with van der Waals surface area (Å²) in [5, 5.41) is 6.43. The van der Waals surface area contributed by atoms with E-state index in [0.717, 1.165) is 18.8 Å². The number of amides is 2. The van der Waals surface area contributed by atoms with Gasteiger partial charge in [-0.25, -0.2) is 14.2 Å². The molecule has 2 N–H and O–H groups in total. The summed E-state index contributed by atoms with van der Waals surface area (Å²) < 4.78 is 13.6. The fourth-order valence-electron chi connectivity index (χ4n) is 4.44. The zero-order valence-corrected chi connectivity index (χ0v) is 16.6. The molecule has 3 atom stereocenters. The van der Waals surface area contributed by atoms with E-state index >= 15 is 0 Å². The quantitative estimate of drug-likeness (QED) is 0.819. The molecule has 8 heteroatoms. The fourth-order valence-corrected chi connectivity index (χ4v) is 4.44. The van der Waals surface area contributed by atoms with Gasteiger partial charge in [0, 0.05) is 42.2 Å². The molecule has 0 spiro atoms. The Morgan fingerprint density at radius 3 is 2.90 bits per heavy atom. The van der Waals surface area contributed by atoms with E-state index in [1.165, 1.54) is 12.1 Å². The van der Waals surface area contributed by atoms with Gasteiger partial charge in [-0.1, -0.05) is 19.1 Å². The van der Waals surface area contributed by atoms with Gasteiger partial charge in [0.2, 0.25) is 0 Å². The molecule has 7 nitrogen and oxygen atoms in total. The molecular formula is C22H23FN6O. The molecule has 154 valence electrons. The highest BCUT2D eigenvalue weighted by atomic mass is 19.1. The van der Waals surface area contributed by atoms with Crippen molar-refractivity contribution in [2.24, 2.45) is 16.8 Å². The third kappa shape index (κ3) is 3.33. The summed E-state index contributed by atoms with van der Waals surface area (Å²) in [4.78, 5) is 25.5. The van der Waals surface area contributed by atoms with E-state index in [2.05, 4.69) is 22.5 Å². The zero-order valence-electron chi connectivity index (χ0n) is 16.6. The number of urea groups is 1. The Morgan fingerprint density at radius 2 is 2.10 bits per heavy atom. The molecule has 0 saturated carbocycles. The van der Waals surface area contributed by atoms with E-state index in [0.29, 0.717) is 24.0 Å². The molecule has 1 aromatic heterocycles. The van der Waals surface area contributed by atoms with Gasteiger partial charge in [0.25, 0.3) is 0 Å². The van der Waals surface area contributed by atoms with Crippen LogP contribution in [0.5, 0.6) is 0 Å². The van der Waals surface area contributed by atoms with E-state index < -0.39 is 0 Å². The van der Waals surface area contributed by atoms with E-state index in [1.807, 2.05) is 35.4 Å². The van der Waals surface area contributed by atoms with E-state index in [9.17, 15) is 9.18 Å². The number of aromatic nitrogens is 1.